The summed E-state index contributed by atoms with van der Waals surface area (Å²) in [4.78, 5) is 4.48. The van der Waals surface area contributed by atoms with Gasteiger partial charge in [0, 0.05) is 6.61 Å². The van der Waals surface area contributed by atoms with Crippen LogP contribution in [0.3, 0.4) is 0 Å². The van der Waals surface area contributed by atoms with E-state index < -0.39 is 0 Å². The first-order valence-electron chi connectivity index (χ1n) is 7.45. The van der Waals surface area contributed by atoms with Gasteiger partial charge in [0.1, 0.15) is 5.82 Å². The van der Waals surface area contributed by atoms with Crippen molar-refractivity contribution < 1.29 is 9.47 Å². The van der Waals surface area contributed by atoms with E-state index in [0.717, 1.165) is 24.8 Å². The van der Waals surface area contributed by atoms with E-state index in [9.17, 15) is 0 Å². The molecule has 0 bridgehead atoms. The highest BCUT2D eigenvalue weighted by molar-refractivity contribution is 5.54. The van der Waals surface area contributed by atoms with Crippen molar-refractivity contribution in [3.8, 4) is 5.88 Å². The molecule has 3 N–H and O–H groups in total. The molecule has 20 heavy (non-hydrogen) atoms. The fourth-order valence-electron chi connectivity index (χ4n) is 2.69. The standard InChI is InChI=1S/C15H23N3O2/c1-9(2)20-15-11(16)5-6-13(18-15)17-12-7-8-19-14(12)10-3-4-10/h5-6,9-10,12,14H,3-4,7-8,16H2,1-2H3,(H,17,18). The Morgan fingerprint density at radius 1 is 1.35 bits per heavy atom. The van der Waals surface area contributed by atoms with Gasteiger partial charge in [-0.05, 0) is 51.2 Å². The topological polar surface area (TPSA) is 69.4 Å². The normalized spacial score (nSPS) is 25.9. The van der Waals surface area contributed by atoms with Gasteiger partial charge in [-0.2, -0.15) is 4.98 Å². The lowest BCUT2D eigenvalue weighted by Crippen LogP contribution is -2.31. The van der Waals surface area contributed by atoms with Gasteiger partial charge in [0.05, 0.1) is 23.9 Å². The van der Waals surface area contributed by atoms with Crippen LogP contribution in [0.2, 0.25) is 0 Å². The number of hydrogen-bond donors (Lipinski definition) is 2. The summed E-state index contributed by atoms with van der Waals surface area (Å²) in [6, 6.07) is 4.10. The van der Waals surface area contributed by atoms with Gasteiger partial charge in [0.2, 0.25) is 5.88 Å². The number of pyridine rings is 1. The summed E-state index contributed by atoms with van der Waals surface area (Å²) in [6.07, 6.45) is 4.02. The predicted octanol–water partition coefficient (Wildman–Crippen LogP) is 2.43. The minimum atomic E-state index is 0.0640. The van der Waals surface area contributed by atoms with Crippen LogP contribution in [0.1, 0.15) is 33.1 Å². The number of hydrogen-bond acceptors (Lipinski definition) is 5. The zero-order chi connectivity index (χ0) is 14.1. The highest BCUT2D eigenvalue weighted by atomic mass is 16.5. The van der Waals surface area contributed by atoms with Gasteiger partial charge >= 0.3 is 0 Å². The summed E-state index contributed by atoms with van der Waals surface area (Å²) in [7, 11) is 0. The van der Waals surface area contributed by atoms with Gasteiger partial charge in [-0.15, -0.1) is 0 Å². The molecule has 5 heteroatoms. The van der Waals surface area contributed by atoms with Crippen molar-refractivity contribution in [2.75, 3.05) is 17.7 Å². The summed E-state index contributed by atoms with van der Waals surface area (Å²) in [5, 5.41) is 3.48. The number of nitrogens with zero attached hydrogens (tertiary/aromatic N) is 1. The molecule has 0 amide bonds. The molecule has 1 aliphatic carbocycles. The minimum absolute atomic E-state index is 0.0640. The molecular weight excluding hydrogens is 254 g/mol. The summed E-state index contributed by atoms with van der Waals surface area (Å²) >= 11 is 0. The van der Waals surface area contributed by atoms with E-state index in [4.69, 9.17) is 15.2 Å². The summed E-state index contributed by atoms with van der Waals surface area (Å²) < 4.78 is 11.5. The van der Waals surface area contributed by atoms with E-state index in [1.165, 1.54) is 12.8 Å². The third kappa shape index (κ3) is 2.98. The molecule has 0 aromatic carbocycles. The van der Waals surface area contributed by atoms with Crippen molar-refractivity contribution in [2.45, 2.75) is 51.4 Å². The molecule has 1 aromatic heterocycles. The Kier molecular flexibility index (Phi) is 3.70. The molecule has 0 spiro atoms. The lowest BCUT2D eigenvalue weighted by atomic mass is 10.1. The molecule has 2 unspecified atom stereocenters. The fraction of sp³-hybridized carbons (Fsp3) is 0.667. The highest BCUT2D eigenvalue weighted by Gasteiger charge is 2.40. The molecule has 3 rings (SSSR count). The second-order valence-electron chi connectivity index (χ2n) is 5.97. The second kappa shape index (κ2) is 5.48. The fourth-order valence-corrected chi connectivity index (χ4v) is 2.69. The molecule has 1 aromatic rings. The van der Waals surface area contributed by atoms with Crippen molar-refractivity contribution in [3.63, 3.8) is 0 Å². The summed E-state index contributed by atoms with van der Waals surface area (Å²) in [6.45, 7) is 4.77. The Hall–Kier alpha value is -1.49. The van der Waals surface area contributed by atoms with Gasteiger partial charge < -0.3 is 20.5 Å². The van der Waals surface area contributed by atoms with E-state index in [-0.39, 0.29) is 6.10 Å². The van der Waals surface area contributed by atoms with Crippen LogP contribution in [-0.4, -0.2) is 29.8 Å². The molecule has 0 radical (unpaired) electrons. The lowest BCUT2D eigenvalue weighted by molar-refractivity contribution is 0.0898. The van der Waals surface area contributed by atoms with Crippen molar-refractivity contribution >= 4 is 11.5 Å². The Morgan fingerprint density at radius 2 is 2.15 bits per heavy atom. The maximum absolute atomic E-state index is 5.89. The average molecular weight is 277 g/mol. The molecule has 1 saturated heterocycles. The number of ether oxygens (including phenoxy) is 2. The quantitative estimate of drug-likeness (QED) is 0.865. The van der Waals surface area contributed by atoms with E-state index in [2.05, 4.69) is 10.3 Å². The minimum Gasteiger partial charge on any atom is -0.473 e. The number of nitrogens with one attached hydrogen (secondary N) is 1. The monoisotopic (exact) mass is 277 g/mol. The smallest absolute Gasteiger partial charge is 0.239 e. The predicted molar refractivity (Wildman–Crippen MR) is 78.9 cm³/mol. The Balaban J connectivity index is 1.70. The number of aromatic nitrogens is 1. The second-order valence-corrected chi connectivity index (χ2v) is 5.97. The SMILES string of the molecule is CC(C)Oc1nc(NC2CCOC2C2CC2)ccc1N. The summed E-state index contributed by atoms with van der Waals surface area (Å²) in [5.74, 6) is 2.05. The molecule has 2 atom stereocenters. The highest BCUT2D eigenvalue weighted by Crippen LogP contribution is 2.39. The van der Waals surface area contributed by atoms with E-state index in [0.29, 0.717) is 23.7 Å². The number of nitrogen functional groups attached to an aromatic ring is 1. The zero-order valence-corrected chi connectivity index (χ0v) is 12.1. The van der Waals surface area contributed by atoms with Crippen LogP contribution in [0.5, 0.6) is 5.88 Å². The molecular formula is C15H23N3O2. The van der Waals surface area contributed by atoms with E-state index in [1.54, 1.807) is 0 Å². The van der Waals surface area contributed by atoms with Crippen LogP contribution in [0, 0.1) is 5.92 Å². The molecule has 5 nitrogen and oxygen atoms in total. The van der Waals surface area contributed by atoms with Crippen LogP contribution >= 0.6 is 0 Å². The maximum atomic E-state index is 5.89. The van der Waals surface area contributed by atoms with Crippen molar-refractivity contribution in [3.05, 3.63) is 12.1 Å². The average Bonchev–Trinajstić information content (AvgIpc) is 3.14. The van der Waals surface area contributed by atoms with Gasteiger partial charge in [-0.3, -0.25) is 0 Å². The number of rotatable bonds is 5. The Labute approximate surface area is 119 Å². The van der Waals surface area contributed by atoms with Gasteiger partial charge in [0.25, 0.3) is 0 Å². The molecule has 1 saturated carbocycles. The molecule has 110 valence electrons. The first kappa shape index (κ1) is 13.5. The van der Waals surface area contributed by atoms with Gasteiger partial charge in [-0.25, -0.2) is 0 Å². The molecule has 1 aliphatic heterocycles. The first-order valence-corrected chi connectivity index (χ1v) is 7.45. The number of nitrogens with two attached hydrogens (primary N) is 1. The van der Waals surface area contributed by atoms with Crippen molar-refractivity contribution in [2.24, 2.45) is 5.92 Å². The van der Waals surface area contributed by atoms with Crippen molar-refractivity contribution in [1.29, 1.82) is 0 Å². The Bertz CT molecular complexity index is 474. The van der Waals surface area contributed by atoms with Crippen LogP contribution in [0.4, 0.5) is 11.5 Å². The van der Waals surface area contributed by atoms with Gasteiger partial charge in [-0.1, -0.05) is 0 Å². The molecule has 2 fully saturated rings. The largest absolute Gasteiger partial charge is 0.473 e. The first-order chi connectivity index (χ1) is 9.63. The third-order valence-electron chi connectivity index (χ3n) is 3.79. The zero-order valence-electron chi connectivity index (χ0n) is 12.1. The molecule has 2 heterocycles. The van der Waals surface area contributed by atoms with Crippen molar-refractivity contribution in [1.82, 2.24) is 4.98 Å². The van der Waals surface area contributed by atoms with Crippen LogP contribution in [0.15, 0.2) is 12.1 Å². The van der Waals surface area contributed by atoms with Gasteiger partial charge in [0.15, 0.2) is 0 Å². The Morgan fingerprint density at radius 3 is 2.85 bits per heavy atom. The van der Waals surface area contributed by atoms with Crippen LogP contribution in [0.25, 0.3) is 0 Å². The number of anilines is 2. The van der Waals surface area contributed by atoms with Crippen LogP contribution in [-0.2, 0) is 4.74 Å². The maximum Gasteiger partial charge on any atom is 0.239 e. The van der Waals surface area contributed by atoms with E-state index in [1.807, 2.05) is 26.0 Å². The summed E-state index contributed by atoms with van der Waals surface area (Å²) in [5.41, 5.74) is 6.47. The van der Waals surface area contributed by atoms with Crippen LogP contribution < -0.4 is 15.8 Å². The third-order valence-corrected chi connectivity index (χ3v) is 3.79. The van der Waals surface area contributed by atoms with E-state index >= 15 is 0 Å². The molecule has 2 aliphatic rings. The lowest BCUT2D eigenvalue weighted by Gasteiger charge is -2.20.